The highest BCUT2D eigenvalue weighted by Gasteiger charge is 2.27. The van der Waals surface area contributed by atoms with E-state index in [9.17, 15) is 0 Å². The lowest BCUT2D eigenvalue weighted by Crippen LogP contribution is -2.42. The second-order valence-corrected chi connectivity index (χ2v) is 5.77. The molecule has 0 bridgehead atoms. The normalized spacial score (nSPS) is 26.5. The van der Waals surface area contributed by atoms with Gasteiger partial charge in [-0.1, -0.05) is 0 Å². The van der Waals surface area contributed by atoms with Crippen molar-refractivity contribution in [2.45, 2.75) is 24.9 Å². The van der Waals surface area contributed by atoms with E-state index in [0.717, 1.165) is 19.4 Å². The summed E-state index contributed by atoms with van der Waals surface area (Å²) in [4.78, 5) is 6.94. The maximum atomic E-state index is 6.00. The molecule has 2 unspecified atom stereocenters. The summed E-state index contributed by atoms with van der Waals surface area (Å²) in [6.07, 6.45) is 4.13. The topological polar surface area (TPSA) is 42.1 Å². The fourth-order valence-electron chi connectivity index (χ4n) is 2.71. The van der Waals surface area contributed by atoms with Gasteiger partial charge < -0.3 is 5.73 Å². The molecule has 90 valence electrons. The summed E-state index contributed by atoms with van der Waals surface area (Å²) in [5.74, 6) is 0. The average Bonchev–Trinajstić information content (AvgIpc) is 2.77. The molecule has 3 rings (SSSR count). The molecule has 17 heavy (non-hydrogen) atoms. The Morgan fingerprint density at radius 1 is 1.41 bits per heavy atom. The number of likely N-dealkylation sites (N-methyl/N-ethyl adjacent to an activating group) is 1. The lowest BCUT2D eigenvalue weighted by Gasteiger charge is -2.35. The van der Waals surface area contributed by atoms with E-state index in [1.54, 1.807) is 11.3 Å². The molecular formula is C13H17N3S. The van der Waals surface area contributed by atoms with Gasteiger partial charge in [-0.2, -0.15) is 0 Å². The molecule has 3 heterocycles. The summed E-state index contributed by atoms with van der Waals surface area (Å²) in [5.41, 5.74) is 7.22. The molecule has 0 saturated carbocycles. The van der Waals surface area contributed by atoms with Crippen LogP contribution in [-0.2, 0) is 0 Å². The van der Waals surface area contributed by atoms with Gasteiger partial charge in [0.15, 0.2) is 0 Å². The summed E-state index contributed by atoms with van der Waals surface area (Å²) < 4.78 is 1.33. The Hall–Kier alpha value is -0.970. The monoisotopic (exact) mass is 247 g/mol. The predicted molar refractivity (Wildman–Crippen MR) is 72.2 cm³/mol. The molecule has 2 N–H and O–H groups in total. The van der Waals surface area contributed by atoms with Gasteiger partial charge in [0.2, 0.25) is 0 Å². The number of thiophene rings is 1. The molecule has 2 atom stereocenters. The van der Waals surface area contributed by atoms with Crippen LogP contribution in [0.3, 0.4) is 0 Å². The molecule has 2 aromatic heterocycles. The maximum absolute atomic E-state index is 6.00. The van der Waals surface area contributed by atoms with Crippen LogP contribution < -0.4 is 5.73 Å². The number of pyridine rings is 1. The van der Waals surface area contributed by atoms with Crippen LogP contribution in [0, 0.1) is 0 Å². The summed E-state index contributed by atoms with van der Waals surface area (Å²) in [6.45, 7) is 0.965. The number of aromatic nitrogens is 1. The van der Waals surface area contributed by atoms with Gasteiger partial charge in [0.05, 0.1) is 11.7 Å². The van der Waals surface area contributed by atoms with Crippen molar-refractivity contribution < 1.29 is 0 Å². The zero-order valence-electron chi connectivity index (χ0n) is 9.97. The first-order valence-corrected chi connectivity index (χ1v) is 6.91. The quantitative estimate of drug-likeness (QED) is 0.841. The standard InChI is InChI=1S/C13H17N3S/c1-16-8-9(14)2-3-11(16)13-10-5-7-17-12(10)4-6-15-13/h4-7,9,11H,2-3,8,14H2,1H3. The third-order valence-corrected chi connectivity index (χ3v) is 4.47. The second-order valence-electron chi connectivity index (χ2n) is 4.82. The van der Waals surface area contributed by atoms with Crippen LogP contribution in [0.15, 0.2) is 23.7 Å². The average molecular weight is 247 g/mol. The van der Waals surface area contributed by atoms with Crippen molar-refractivity contribution in [1.29, 1.82) is 0 Å². The van der Waals surface area contributed by atoms with Gasteiger partial charge in [0.1, 0.15) is 0 Å². The van der Waals surface area contributed by atoms with Crippen molar-refractivity contribution in [3.8, 4) is 0 Å². The molecule has 1 aliphatic rings. The number of nitrogens with two attached hydrogens (primary N) is 1. The number of likely N-dealkylation sites (tertiary alicyclic amines) is 1. The van der Waals surface area contributed by atoms with Crippen LogP contribution in [0.25, 0.3) is 10.1 Å². The molecule has 0 radical (unpaired) electrons. The molecule has 1 aliphatic heterocycles. The first kappa shape index (κ1) is 11.1. The van der Waals surface area contributed by atoms with Gasteiger partial charge in [0, 0.05) is 28.9 Å². The molecule has 4 heteroatoms. The van der Waals surface area contributed by atoms with E-state index in [1.165, 1.54) is 15.8 Å². The van der Waals surface area contributed by atoms with Crippen molar-refractivity contribution in [3.05, 3.63) is 29.4 Å². The third-order valence-electron chi connectivity index (χ3n) is 3.59. The van der Waals surface area contributed by atoms with Crippen LogP contribution in [-0.4, -0.2) is 29.5 Å². The minimum absolute atomic E-state index is 0.318. The van der Waals surface area contributed by atoms with Crippen LogP contribution in [0.5, 0.6) is 0 Å². The highest BCUT2D eigenvalue weighted by Crippen LogP contribution is 2.33. The lowest BCUT2D eigenvalue weighted by molar-refractivity contribution is 0.167. The minimum atomic E-state index is 0.318. The predicted octanol–water partition coefficient (Wildman–Crippen LogP) is 2.39. The zero-order valence-corrected chi connectivity index (χ0v) is 10.8. The van der Waals surface area contributed by atoms with Gasteiger partial charge in [-0.3, -0.25) is 9.88 Å². The Balaban J connectivity index is 2.00. The number of hydrogen-bond donors (Lipinski definition) is 1. The minimum Gasteiger partial charge on any atom is -0.327 e. The fourth-order valence-corrected chi connectivity index (χ4v) is 3.50. The number of fused-ring (bicyclic) bond motifs is 1. The van der Waals surface area contributed by atoms with E-state index in [-0.39, 0.29) is 0 Å². The zero-order chi connectivity index (χ0) is 11.8. The van der Waals surface area contributed by atoms with Crippen LogP contribution >= 0.6 is 11.3 Å². The van der Waals surface area contributed by atoms with Crippen molar-refractivity contribution in [2.24, 2.45) is 5.73 Å². The molecule has 0 aliphatic carbocycles. The molecule has 2 aromatic rings. The number of hydrogen-bond acceptors (Lipinski definition) is 4. The van der Waals surface area contributed by atoms with Gasteiger partial charge in [0.25, 0.3) is 0 Å². The van der Waals surface area contributed by atoms with E-state index < -0.39 is 0 Å². The Morgan fingerprint density at radius 2 is 2.29 bits per heavy atom. The summed E-state index contributed by atoms with van der Waals surface area (Å²) in [5, 5.41) is 3.45. The molecule has 0 spiro atoms. The van der Waals surface area contributed by atoms with E-state index in [2.05, 4.69) is 34.4 Å². The maximum Gasteiger partial charge on any atom is 0.0661 e. The largest absolute Gasteiger partial charge is 0.327 e. The Kier molecular flexibility index (Phi) is 2.86. The van der Waals surface area contributed by atoms with Gasteiger partial charge in [-0.15, -0.1) is 11.3 Å². The van der Waals surface area contributed by atoms with E-state index >= 15 is 0 Å². The highest BCUT2D eigenvalue weighted by atomic mass is 32.1. The summed E-state index contributed by atoms with van der Waals surface area (Å²) in [6, 6.07) is 5.02. The highest BCUT2D eigenvalue weighted by molar-refractivity contribution is 7.17. The van der Waals surface area contributed by atoms with Gasteiger partial charge in [-0.25, -0.2) is 0 Å². The first-order chi connectivity index (χ1) is 8.25. The van der Waals surface area contributed by atoms with Crippen molar-refractivity contribution in [3.63, 3.8) is 0 Å². The first-order valence-electron chi connectivity index (χ1n) is 6.03. The van der Waals surface area contributed by atoms with E-state index in [4.69, 9.17) is 5.73 Å². The Labute approximate surface area is 105 Å². The molecule has 3 nitrogen and oxygen atoms in total. The fraction of sp³-hybridized carbons (Fsp3) is 0.462. The lowest BCUT2D eigenvalue weighted by atomic mass is 9.95. The summed E-state index contributed by atoms with van der Waals surface area (Å²) >= 11 is 1.78. The number of piperidine rings is 1. The molecular weight excluding hydrogens is 230 g/mol. The third kappa shape index (κ3) is 1.97. The van der Waals surface area contributed by atoms with Gasteiger partial charge >= 0.3 is 0 Å². The molecule has 0 aromatic carbocycles. The van der Waals surface area contributed by atoms with E-state index in [1.807, 2.05) is 6.20 Å². The molecule has 1 fully saturated rings. The second kappa shape index (κ2) is 4.37. The van der Waals surface area contributed by atoms with Crippen molar-refractivity contribution in [1.82, 2.24) is 9.88 Å². The van der Waals surface area contributed by atoms with Crippen LogP contribution in [0.2, 0.25) is 0 Å². The van der Waals surface area contributed by atoms with Crippen LogP contribution in [0.4, 0.5) is 0 Å². The molecule has 0 amide bonds. The Bertz CT molecular complexity index is 522. The van der Waals surface area contributed by atoms with E-state index in [0.29, 0.717) is 12.1 Å². The number of nitrogens with zero attached hydrogens (tertiary/aromatic N) is 2. The molecule has 1 saturated heterocycles. The van der Waals surface area contributed by atoms with Crippen LogP contribution in [0.1, 0.15) is 24.6 Å². The van der Waals surface area contributed by atoms with Gasteiger partial charge in [-0.05, 0) is 37.4 Å². The smallest absolute Gasteiger partial charge is 0.0661 e. The Morgan fingerprint density at radius 3 is 3.12 bits per heavy atom. The van der Waals surface area contributed by atoms with Crippen molar-refractivity contribution >= 4 is 21.4 Å². The van der Waals surface area contributed by atoms with Crippen molar-refractivity contribution in [2.75, 3.05) is 13.6 Å². The number of rotatable bonds is 1. The summed E-state index contributed by atoms with van der Waals surface area (Å²) in [7, 11) is 2.15. The SMILES string of the molecule is CN1CC(N)CCC1c1nccc2sccc12.